The van der Waals surface area contributed by atoms with Crippen LogP contribution in [0.3, 0.4) is 0 Å². The SMILES string of the molecule is CCN(Cc1cccc(F)c1)C(=O)CN1CCC(CCN(C)C)CC1. The van der Waals surface area contributed by atoms with Gasteiger partial charge in [-0.15, -0.1) is 0 Å². The summed E-state index contributed by atoms with van der Waals surface area (Å²) in [4.78, 5) is 18.9. The van der Waals surface area contributed by atoms with Crippen LogP contribution in [0.4, 0.5) is 4.39 Å². The number of carbonyl (C=O) groups is 1. The molecule has 2 rings (SSSR count). The van der Waals surface area contributed by atoms with Crippen LogP contribution in [-0.2, 0) is 11.3 Å². The molecule has 1 fully saturated rings. The number of rotatable bonds is 8. The Hall–Kier alpha value is -1.46. The van der Waals surface area contributed by atoms with Gasteiger partial charge in [-0.25, -0.2) is 4.39 Å². The number of piperidine rings is 1. The highest BCUT2D eigenvalue weighted by Gasteiger charge is 2.22. The van der Waals surface area contributed by atoms with Gasteiger partial charge in [-0.1, -0.05) is 12.1 Å². The minimum Gasteiger partial charge on any atom is -0.338 e. The van der Waals surface area contributed by atoms with E-state index in [1.807, 2.05) is 17.9 Å². The number of hydrogen-bond acceptors (Lipinski definition) is 3. The largest absolute Gasteiger partial charge is 0.338 e. The molecule has 0 radical (unpaired) electrons. The summed E-state index contributed by atoms with van der Waals surface area (Å²) in [6, 6.07) is 6.50. The van der Waals surface area contributed by atoms with Crippen molar-refractivity contribution in [2.45, 2.75) is 32.7 Å². The summed E-state index contributed by atoms with van der Waals surface area (Å²) in [5.74, 6) is 0.669. The fourth-order valence-corrected chi connectivity index (χ4v) is 3.40. The zero-order valence-corrected chi connectivity index (χ0v) is 15.9. The Bertz CT molecular complexity index is 541. The fraction of sp³-hybridized carbons (Fsp3) is 0.650. The molecule has 1 amide bonds. The normalized spacial score (nSPS) is 16.4. The van der Waals surface area contributed by atoms with Crippen molar-refractivity contribution in [3.8, 4) is 0 Å². The van der Waals surface area contributed by atoms with Crippen molar-refractivity contribution in [1.29, 1.82) is 0 Å². The minimum absolute atomic E-state index is 0.138. The number of hydrogen-bond donors (Lipinski definition) is 0. The molecule has 0 aliphatic carbocycles. The number of halogens is 1. The first-order valence-electron chi connectivity index (χ1n) is 9.37. The van der Waals surface area contributed by atoms with Gasteiger partial charge in [0.2, 0.25) is 5.91 Å². The Balaban J connectivity index is 1.78. The molecule has 1 aliphatic rings. The molecule has 0 N–H and O–H groups in total. The van der Waals surface area contributed by atoms with E-state index in [1.54, 1.807) is 6.07 Å². The van der Waals surface area contributed by atoms with E-state index in [-0.39, 0.29) is 11.7 Å². The highest BCUT2D eigenvalue weighted by molar-refractivity contribution is 5.78. The van der Waals surface area contributed by atoms with Crippen molar-refractivity contribution in [1.82, 2.24) is 14.7 Å². The third-order valence-corrected chi connectivity index (χ3v) is 5.05. The first-order valence-corrected chi connectivity index (χ1v) is 9.37. The number of amides is 1. The summed E-state index contributed by atoms with van der Waals surface area (Å²) in [5.41, 5.74) is 0.845. The van der Waals surface area contributed by atoms with E-state index in [0.29, 0.717) is 19.6 Å². The molecule has 1 aromatic rings. The molecule has 5 heteroatoms. The molecular formula is C20H32FN3O. The Morgan fingerprint density at radius 2 is 2.00 bits per heavy atom. The van der Waals surface area contributed by atoms with Crippen LogP contribution >= 0.6 is 0 Å². The molecule has 1 heterocycles. The smallest absolute Gasteiger partial charge is 0.237 e. The maximum atomic E-state index is 13.3. The van der Waals surface area contributed by atoms with Gasteiger partial charge in [-0.3, -0.25) is 9.69 Å². The molecule has 0 bridgehead atoms. The van der Waals surface area contributed by atoms with Crippen LogP contribution in [0.15, 0.2) is 24.3 Å². The highest BCUT2D eigenvalue weighted by Crippen LogP contribution is 2.20. The molecule has 0 aromatic heterocycles. The lowest BCUT2D eigenvalue weighted by molar-refractivity contribution is -0.133. The molecule has 1 saturated heterocycles. The number of benzene rings is 1. The molecule has 0 saturated carbocycles. The maximum Gasteiger partial charge on any atom is 0.237 e. The zero-order chi connectivity index (χ0) is 18.2. The van der Waals surface area contributed by atoms with Gasteiger partial charge in [0.25, 0.3) is 0 Å². The predicted molar refractivity (Wildman–Crippen MR) is 99.8 cm³/mol. The van der Waals surface area contributed by atoms with E-state index in [9.17, 15) is 9.18 Å². The van der Waals surface area contributed by atoms with E-state index in [4.69, 9.17) is 0 Å². The lowest BCUT2D eigenvalue weighted by Gasteiger charge is -2.33. The third kappa shape index (κ3) is 6.75. The van der Waals surface area contributed by atoms with Crippen molar-refractivity contribution >= 4 is 5.91 Å². The van der Waals surface area contributed by atoms with Crippen molar-refractivity contribution in [2.24, 2.45) is 5.92 Å². The van der Waals surface area contributed by atoms with Crippen LogP contribution in [0.1, 0.15) is 31.7 Å². The average molecular weight is 349 g/mol. The van der Waals surface area contributed by atoms with Gasteiger partial charge in [0.1, 0.15) is 5.82 Å². The second kappa shape index (κ2) is 9.88. The molecular weight excluding hydrogens is 317 g/mol. The number of likely N-dealkylation sites (tertiary alicyclic amines) is 1. The van der Waals surface area contributed by atoms with Crippen LogP contribution in [-0.4, -0.2) is 67.4 Å². The lowest BCUT2D eigenvalue weighted by atomic mass is 9.93. The Morgan fingerprint density at radius 1 is 1.28 bits per heavy atom. The topological polar surface area (TPSA) is 26.8 Å². The summed E-state index contributed by atoms with van der Waals surface area (Å²) in [6.07, 6.45) is 3.60. The van der Waals surface area contributed by atoms with E-state index >= 15 is 0 Å². The van der Waals surface area contributed by atoms with Crippen LogP contribution in [0.25, 0.3) is 0 Å². The zero-order valence-electron chi connectivity index (χ0n) is 15.9. The summed E-state index contributed by atoms with van der Waals surface area (Å²) < 4.78 is 13.3. The Morgan fingerprint density at radius 3 is 2.60 bits per heavy atom. The Kier molecular flexibility index (Phi) is 7.85. The number of nitrogens with zero attached hydrogens (tertiary/aromatic N) is 3. The van der Waals surface area contributed by atoms with Gasteiger partial charge in [0.15, 0.2) is 0 Å². The van der Waals surface area contributed by atoms with Crippen LogP contribution in [0, 0.1) is 11.7 Å². The first kappa shape index (κ1) is 19.9. The van der Waals surface area contributed by atoms with Crippen LogP contribution in [0.2, 0.25) is 0 Å². The van der Waals surface area contributed by atoms with Crippen molar-refractivity contribution < 1.29 is 9.18 Å². The standard InChI is InChI=1S/C20H32FN3O/c1-4-24(15-18-6-5-7-19(21)14-18)20(25)16-23-12-9-17(10-13-23)8-11-22(2)3/h5-7,14,17H,4,8-13,15-16H2,1-3H3. The monoisotopic (exact) mass is 349 g/mol. The summed E-state index contributed by atoms with van der Waals surface area (Å²) in [6.45, 7) is 6.72. The summed E-state index contributed by atoms with van der Waals surface area (Å²) >= 11 is 0. The van der Waals surface area contributed by atoms with Gasteiger partial charge in [-0.2, -0.15) is 0 Å². The van der Waals surface area contributed by atoms with Crippen LogP contribution < -0.4 is 0 Å². The molecule has 25 heavy (non-hydrogen) atoms. The van der Waals surface area contributed by atoms with Gasteiger partial charge in [-0.05, 0) is 83.5 Å². The molecule has 0 atom stereocenters. The lowest BCUT2D eigenvalue weighted by Crippen LogP contribution is -2.43. The molecule has 0 unspecified atom stereocenters. The van der Waals surface area contributed by atoms with Gasteiger partial charge >= 0.3 is 0 Å². The highest BCUT2D eigenvalue weighted by atomic mass is 19.1. The predicted octanol–water partition coefficient (Wildman–Crippen LogP) is 2.84. The third-order valence-electron chi connectivity index (χ3n) is 5.05. The van der Waals surface area contributed by atoms with Crippen LogP contribution in [0.5, 0.6) is 0 Å². The maximum absolute atomic E-state index is 13.3. The summed E-state index contributed by atoms with van der Waals surface area (Å²) in [7, 11) is 4.23. The van der Waals surface area contributed by atoms with E-state index in [2.05, 4.69) is 23.9 Å². The van der Waals surface area contributed by atoms with E-state index < -0.39 is 0 Å². The molecule has 1 aromatic carbocycles. The second-order valence-corrected chi connectivity index (χ2v) is 7.35. The van der Waals surface area contributed by atoms with E-state index in [0.717, 1.165) is 31.1 Å². The second-order valence-electron chi connectivity index (χ2n) is 7.35. The molecule has 4 nitrogen and oxygen atoms in total. The average Bonchev–Trinajstić information content (AvgIpc) is 2.59. The first-order chi connectivity index (χ1) is 12.0. The molecule has 0 spiro atoms. The molecule has 140 valence electrons. The quantitative estimate of drug-likeness (QED) is 0.722. The van der Waals surface area contributed by atoms with Crippen molar-refractivity contribution in [3.05, 3.63) is 35.6 Å². The van der Waals surface area contributed by atoms with Crippen molar-refractivity contribution in [3.63, 3.8) is 0 Å². The van der Waals surface area contributed by atoms with Gasteiger partial charge < -0.3 is 9.80 Å². The van der Waals surface area contributed by atoms with Gasteiger partial charge in [0, 0.05) is 13.1 Å². The van der Waals surface area contributed by atoms with E-state index in [1.165, 1.54) is 31.4 Å². The minimum atomic E-state index is -0.249. The summed E-state index contributed by atoms with van der Waals surface area (Å²) in [5, 5.41) is 0. The van der Waals surface area contributed by atoms with Crippen molar-refractivity contribution in [2.75, 3.05) is 46.8 Å². The Labute approximate surface area is 151 Å². The molecule has 1 aliphatic heterocycles. The fourth-order valence-electron chi connectivity index (χ4n) is 3.40. The van der Waals surface area contributed by atoms with Gasteiger partial charge in [0.05, 0.1) is 6.54 Å². The number of likely N-dealkylation sites (N-methyl/N-ethyl adjacent to an activating group) is 1. The number of carbonyl (C=O) groups excluding carboxylic acids is 1.